The van der Waals surface area contributed by atoms with Gasteiger partial charge in [-0.2, -0.15) is 4.31 Å². The summed E-state index contributed by atoms with van der Waals surface area (Å²) in [7, 11) is -1.63. The maximum absolute atomic E-state index is 12.9. The number of aromatic nitrogens is 2. The highest BCUT2D eigenvalue weighted by Gasteiger charge is 2.24. The molecule has 2 aromatic carbocycles. The first kappa shape index (κ1) is 25.2. The van der Waals surface area contributed by atoms with Gasteiger partial charge in [-0.15, -0.1) is 0 Å². The molecule has 0 atom stereocenters. The van der Waals surface area contributed by atoms with E-state index in [0.717, 1.165) is 24.4 Å². The molecule has 0 radical (unpaired) electrons. The molecule has 4 rings (SSSR count). The van der Waals surface area contributed by atoms with Crippen LogP contribution in [0.5, 0.6) is 0 Å². The smallest absolute Gasteiger partial charge is 0.243 e. The summed E-state index contributed by atoms with van der Waals surface area (Å²) < 4.78 is 29.2. The summed E-state index contributed by atoms with van der Waals surface area (Å²) in [6.45, 7) is 9.67. The number of hydrogen-bond acceptors (Lipinski definition) is 5. The number of anilines is 1. The Morgan fingerprint density at radius 1 is 1.03 bits per heavy atom. The van der Waals surface area contributed by atoms with Crippen molar-refractivity contribution in [1.29, 1.82) is 0 Å². The Hall–Kier alpha value is -2.91. The van der Waals surface area contributed by atoms with E-state index in [-0.39, 0.29) is 10.8 Å². The quantitative estimate of drug-likeness (QED) is 0.478. The monoisotopic (exact) mass is 497 g/mol. The highest BCUT2D eigenvalue weighted by atomic mass is 32.2. The molecule has 0 N–H and O–H groups in total. The molecule has 35 heavy (non-hydrogen) atoms. The topological polar surface area (TPSA) is 78.8 Å². The largest absolute Gasteiger partial charge is 0.368 e. The van der Waals surface area contributed by atoms with Crippen LogP contribution >= 0.6 is 0 Å². The molecular formula is C26H35N5O3S. The van der Waals surface area contributed by atoms with E-state index >= 15 is 0 Å². The van der Waals surface area contributed by atoms with Crippen molar-refractivity contribution in [3.8, 4) is 0 Å². The Labute approximate surface area is 208 Å². The van der Waals surface area contributed by atoms with Gasteiger partial charge in [0, 0.05) is 64.8 Å². The maximum Gasteiger partial charge on any atom is 0.243 e. The molecule has 1 aliphatic rings. The molecule has 0 spiro atoms. The van der Waals surface area contributed by atoms with E-state index in [1.807, 2.05) is 30.4 Å². The van der Waals surface area contributed by atoms with Gasteiger partial charge in [0.15, 0.2) is 0 Å². The molecule has 0 saturated carbocycles. The molecule has 3 aromatic rings. The normalized spacial score (nSPS) is 14.8. The van der Waals surface area contributed by atoms with Crippen LogP contribution < -0.4 is 4.90 Å². The van der Waals surface area contributed by atoms with Crippen LogP contribution in [-0.2, 0) is 28.3 Å². The summed E-state index contributed by atoms with van der Waals surface area (Å²) in [5, 5.41) is 0. The first-order valence-electron chi connectivity index (χ1n) is 12.3. The SMILES string of the molecule is CCN(CC)S(=O)(=O)c1ccc2c(c1)nc(CCC(=O)N1CCN(c3cccc(C)c3)CC1)n2C. The lowest BCUT2D eigenvalue weighted by atomic mass is 10.2. The van der Waals surface area contributed by atoms with Crippen LogP contribution in [0.1, 0.15) is 31.7 Å². The van der Waals surface area contributed by atoms with Gasteiger partial charge in [-0.1, -0.05) is 26.0 Å². The summed E-state index contributed by atoms with van der Waals surface area (Å²) in [4.78, 5) is 22.1. The number of nitrogens with zero attached hydrogens (tertiary/aromatic N) is 5. The molecule has 0 bridgehead atoms. The second-order valence-corrected chi connectivity index (χ2v) is 11.0. The van der Waals surface area contributed by atoms with E-state index in [0.29, 0.717) is 44.5 Å². The number of hydrogen-bond donors (Lipinski definition) is 0. The number of aryl methyl sites for hydroxylation is 3. The fourth-order valence-electron chi connectivity index (χ4n) is 4.74. The van der Waals surface area contributed by atoms with E-state index in [4.69, 9.17) is 0 Å². The van der Waals surface area contributed by atoms with Crippen molar-refractivity contribution in [2.75, 3.05) is 44.2 Å². The first-order valence-corrected chi connectivity index (χ1v) is 13.7. The van der Waals surface area contributed by atoms with Crippen LogP contribution in [-0.4, -0.2) is 72.3 Å². The number of sulfonamides is 1. The van der Waals surface area contributed by atoms with E-state index in [1.54, 1.807) is 18.2 Å². The zero-order chi connectivity index (χ0) is 25.2. The van der Waals surface area contributed by atoms with Gasteiger partial charge in [-0.05, 0) is 42.8 Å². The van der Waals surface area contributed by atoms with Gasteiger partial charge in [0.1, 0.15) is 5.82 Å². The van der Waals surface area contributed by atoms with Crippen LogP contribution in [0.15, 0.2) is 47.4 Å². The molecule has 0 aliphatic carbocycles. The molecule has 0 unspecified atom stereocenters. The van der Waals surface area contributed by atoms with Crippen molar-refractivity contribution >= 4 is 32.7 Å². The predicted molar refractivity (Wildman–Crippen MR) is 139 cm³/mol. The summed E-state index contributed by atoms with van der Waals surface area (Å²) in [6.07, 6.45) is 0.895. The summed E-state index contributed by atoms with van der Waals surface area (Å²) >= 11 is 0. The minimum absolute atomic E-state index is 0.130. The minimum atomic E-state index is -3.54. The molecule has 1 aromatic heterocycles. The first-order chi connectivity index (χ1) is 16.7. The van der Waals surface area contributed by atoms with E-state index < -0.39 is 10.0 Å². The van der Waals surface area contributed by atoms with Gasteiger partial charge < -0.3 is 14.4 Å². The number of benzene rings is 2. The summed E-state index contributed by atoms with van der Waals surface area (Å²) in [5.74, 6) is 0.912. The molecule has 1 saturated heterocycles. The Balaban J connectivity index is 1.40. The zero-order valence-electron chi connectivity index (χ0n) is 21.1. The van der Waals surface area contributed by atoms with Crippen molar-refractivity contribution in [3.05, 3.63) is 53.9 Å². The second-order valence-electron chi connectivity index (χ2n) is 9.03. The summed E-state index contributed by atoms with van der Waals surface area (Å²) in [5.41, 5.74) is 3.94. The molecule has 1 amide bonds. The maximum atomic E-state index is 12.9. The van der Waals surface area contributed by atoms with Crippen molar-refractivity contribution in [1.82, 2.24) is 18.8 Å². The lowest BCUT2D eigenvalue weighted by Gasteiger charge is -2.36. The molecule has 9 heteroatoms. The summed E-state index contributed by atoms with van der Waals surface area (Å²) in [6, 6.07) is 13.5. The van der Waals surface area contributed by atoms with E-state index in [2.05, 4.69) is 41.1 Å². The van der Waals surface area contributed by atoms with Crippen molar-refractivity contribution in [2.24, 2.45) is 7.05 Å². The fourth-order valence-corrected chi connectivity index (χ4v) is 6.22. The Morgan fingerprint density at radius 2 is 1.74 bits per heavy atom. The third-order valence-electron chi connectivity index (χ3n) is 6.85. The molecule has 1 fully saturated rings. The van der Waals surface area contributed by atoms with Gasteiger partial charge in [0.05, 0.1) is 15.9 Å². The van der Waals surface area contributed by atoms with Gasteiger partial charge in [0.2, 0.25) is 15.9 Å². The van der Waals surface area contributed by atoms with E-state index in [9.17, 15) is 13.2 Å². The predicted octanol–water partition coefficient (Wildman–Crippen LogP) is 3.19. The van der Waals surface area contributed by atoms with Crippen LogP contribution in [0.4, 0.5) is 5.69 Å². The molecule has 1 aliphatic heterocycles. The Morgan fingerprint density at radius 3 is 2.40 bits per heavy atom. The highest BCUT2D eigenvalue weighted by Crippen LogP contribution is 2.23. The number of carbonyl (C=O) groups is 1. The third-order valence-corrected chi connectivity index (χ3v) is 8.90. The second kappa shape index (κ2) is 10.4. The number of amides is 1. The van der Waals surface area contributed by atoms with Crippen molar-refractivity contribution < 1.29 is 13.2 Å². The van der Waals surface area contributed by atoms with Gasteiger partial charge >= 0.3 is 0 Å². The van der Waals surface area contributed by atoms with Crippen molar-refractivity contribution in [2.45, 2.75) is 38.5 Å². The highest BCUT2D eigenvalue weighted by molar-refractivity contribution is 7.89. The molecule has 8 nitrogen and oxygen atoms in total. The van der Waals surface area contributed by atoms with Crippen LogP contribution in [0.2, 0.25) is 0 Å². The van der Waals surface area contributed by atoms with Crippen LogP contribution in [0.3, 0.4) is 0 Å². The Bertz CT molecular complexity index is 1310. The van der Waals surface area contributed by atoms with Gasteiger partial charge in [-0.25, -0.2) is 13.4 Å². The molecular weight excluding hydrogens is 462 g/mol. The zero-order valence-corrected chi connectivity index (χ0v) is 21.9. The Kier molecular flexibility index (Phi) is 7.47. The lowest BCUT2D eigenvalue weighted by Crippen LogP contribution is -2.48. The minimum Gasteiger partial charge on any atom is -0.368 e. The third kappa shape index (κ3) is 5.21. The average molecular weight is 498 g/mol. The van der Waals surface area contributed by atoms with Crippen LogP contribution in [0.25, 0.3) is 11.0 Å². The molecule has 2 heterocycles. The van der Waals surface area contributed by atoms with Gasteiger partial charge in [0.25, 0.3) is 0 Å². The van der Waals surface area contributed by atoms with Crippen molar-refractivity contribution in [3.63, 3.8) is 0 Å². The van der Waals surface area contributed by atoms with Crippen LogP contribution in [0, 0.1) is 6.92 Å². The lowest BCUT2D eigenvalue weighted by molar-refractivity contribution is -0.131. The molecule has 188 valence electrons. The number of rotatable bonds is 8. The fraction of sp³-hybridized carbons (Fsp3) is 0.462. The number of carbonyl (C=O) groups excluding carboxylic acids is 1. The number of imidazole rings is 1. The van der Waals surface area contributed by atoms with Gasteiger partial charge in [-0.3, -0.25) is 4.79 Å². The number of piperazine rings is 1. The number of fused-ring (bicyclic) bond motifs is 1. The van der Waals surface area contributed by atoms with E-state index in [1.165, 1.54) is 15.6 Å². The average Bonchev–Trinajstić information content (AvgIpc) is 3.18. The standard InChI is InChI=1S/C26H35N5O3S/c1-5-31(6-2)35(33,34)22-10-11-24-23(19-22)27-25(28(24)4)12-13-26(32)30-16-14-29(15-17-30)21-9-7-8-20(3)18-21/h7-11,18-19H,5-6,12-17H2,1-4H3.